The zero-order valence-electron chi connectivity index (χ0n) is 10.9. The SMILES string of the molecule is CCNCCCCCCN(CC)CC(F)(F)F. The van der Waals surface area contributed by atoms with Gasteiger partial charge in [0.25, 0.3) is 0 Å². The van der Waals surface area contributed by atoms with Gasteiger partial charge in [0.2, 0.25) is 0 Å². The van der Waals surface area contributed by atoms with Gasteiger partial charge in [-0.3, -0.25) is 4.90 Å². The van der Waals surface area contributed by atoms with E-state index in [-0.39, 0.29) is 0 Å². The fourth-order valence-corrected chi connectivity index (χ4v) is 1.72. The molecule has 0 bridgehead atoms. The highest BCUT2D eigenvalue weighted by atomic mass is 19.4. The van der Waals surface area contributed by atoms with Crippen molar-refractivity contribution in [3.05, 3.63) is 0 Å². The monoisotopic (exact) mass is 254 g/mol. The van der Waals surface area contributed by atoms with Crippen molar-refractivity contribution in [3.8, 4) is 0 Å². The van der Waals surface area contributed by atoms with Crippen LogP contribution in [0.3, 0.4) is 0 Å². The zero-order chi connectivity index (χ0) is 13.1. The van der Waals surface area contributed by atoms with E-state index >= 15 is 0 Å². The second-order valence-corrected chi connectivity index (χ2v) is 4.25. The van der Waals surface area contributed by atoms with E-state index in [1.807, 2.05) is 0 Å². The Bertz CT molecular complexity index is 172. The Morgan fingerprint density at radius 1 is 1.00 bits per heavy atom. The third kappa shape index (κ3) is 12.0. The lowest BCUT2D eigenvalue weighted by Crippen LogP contribution is -2.34. The summed E-state index contributed by atoms with van der Waals surface area (Å²) in [6, 6.07) is 0. The Hall–Kier alpha value is -0.290. The summed E-state index contributed by atoms with van der Waals surface area (Å²) in [6.07, 6.45) is 0.00661. The van der Waals surface area contributed by atoms with Crippen LogP contribution in [0, 0.1) is 0 Å². The fourth-order valence-electron chi connectivity index (χ4n) is 1.72. The summed E-state index contributed by atoms with van der Waals surface area (Å²) in [4.78, 5) is 1.46. The molecule has 5 heteroatoms. The minimum atomic E-state index is -4.07. The third-order valence-electron chi connectivity index (χ3n) is 2.68. The quantitative estimate of drug-likeness (QED) is 0.603. The maximum absolute atomic E-state index is 12.2. The van der Waals surface area contributed by atoms with Gasteiger partial charge < -0.3 is 5.32 Å². The first-order valence-electron chi connectivity index (χ1n) is 6.49. The van der Waals surface area contributed by atoms with Crippen LogP contribution in [0.4, 0.5) is 13.2 Å². The van der Waals surface area contributed by atoms with Crippen molar-refractivity contribution < 1.29 is 13.2 Å². The summed E-state index contributed by atoms with van der Waals surface area (Å²) < 4.78 is 36.5. The Morgan fingerprint density at radius 3 is 2.18 bits per heavy atom. The molecule has 0 fully saturated rings. The van der Waals surface area contributed by atoms with E-state index in [1.54, 1.807) is 6.92 Å². The summed E-state index contributed by atoms with van der Waals surface area (Å²) >= 11 is 0. The fraction of sp³-hybridized carbons (Fsp3) is 1.00. The molecule has 0 aliphatic rings. The molecule has 0 saturated carbocycles. The standard InChI is InChI=1S/C12H25F3N2/c1-3-16-9-7-5-6-8-10-17(4-2)11-12(13,14)15/h16H,3-11H2,1-2H3. The largest absolute Gasteiger partial charge is 0.401 e. The number of nitrogens with one attached hydrogen (secondary N) is 1. The number of halogens is 3. The van der Waals surface area contributed by atoms with Crippen LogP contribution in [-0.2, 0) is 0 Å². The molecule has 0 saturated heterocycles. The normalized spacial score (nSPS) is 12.4. The molecular weight excluding hydrogens is 229 g/mol. The van der Waals surface area contributed by atoms with Crippen LogP contribution in [-0.4, -0.2) is 43.8 Å². The first-order valence-corrected chi connectivity index (χ1v) is 6.49. The van der Waals surface area contributed by atoms with Crippen molar-refractivity contribution >= 4 is 0 Å². The van der Waals surface area contributed by atoms with Crippen LogP contribution in [0.15, 0.2) is 0 Å². The first-order chi connectivity index (χ1) is 7.99. The lowest BCUT2D eigenvalue weighted by atomic mass is 10.2. The van der Waals surface area contributed by atoms with Gasteiger partial charge in [-0.15, -0.1) is 0 Å². The molecular formula is C12H25F3N2. The van der Waals surface area contributed by atoms with Crippen molar-refractivity contribution in [2.75, 3.05) is 32.7 Å². The third-order valence-corrected chi connectivity index (χ3v) is 2.68. The van der Waals surface area contributed by atoms with Gasteiger partial charge in [0.05, 0.1) is 6.54 Å². The Balaban J connectivity index is 3.44. The van der Waals surface area contributed by atoms with Gasteiger partial charge in [-0.05, 0) is 39.0 Å². The van der Waals surface area contributed by atoms with Crippen molar-refractivity contribution in [2.45, 2.75) is 45.7 Å². The summed E-state index contributed by atoms with van der Waals surface area (Å²) in [6.45, 7) is 6.08. The molecule has 0 heterocycles. The smallest absolute Gasteiger partial charge is 0.317 e. The van der Waals surface area contributed by atoms with Crippen LogP contribution in [0.5, 0.6) is 0 Å². The van der Waals surface area contributed by atoms with Gasteiger partial charge in [-0.25, -0.2) is 0 Å². The Morgan fingerprint density at radius 2 is 1.65 bits per heavy atom. The highest BCUT2D eigenvalue weighted by molar-refractivity contribution is 4.61. The maximum atomic E-state index is 12.2. The van der Waals surface area contributed by atoms with Crippen molar-refractivity contribution in [2.24, 2.45) is 0 Å². The minimum absolute atomic E-state index is 0.469. The maximum Gasteiger partial charge on any atom is 0.401 e. The number of alkyl halides is 3. The summed E-state index contributed by atoms with van der Waals surface area (Å²) in [5.74, 6) is 0. The molecule has 17 heavy (non-hydrogen) atoms. The molecule has 0 amide bonds. The van der Waals surface area contributed by atoms with E-state index in [0.29, 0.717) is 13.1 Å². The molecule has 0 aromatic carbocycles. The van der Waals surface area contributed by atoms with E-state index in [0.717, 1.165) is 38.8 Å². The molecule has 0 spiro atoms. The van der Waals surface area contributed by atoms with Crippen molar-refractivity contribution in [3.63, 3.8) is 0 Å². The Labute approximate surface area is 103 Å². The number of hydrogen-bond donors (Lipinski definition) is 1. The molecule has 104 valence electrons. The topological polar surface area (TPSA) is 15.3 Å². The number of rotatable bonds is 10. The lowest BCUT2D eigenvalue weighted by molar-refractivity contribution is -0.145. The molecule has 2 nitrogen and oxygen atoms in total. The van der Waals surface area contributed by atoms with Crippen LogP contribution in [0.2, 0.25) is 0 Å². The predicted octanol–water partition coefficient (Wildman–Crippen LogP) is 3.04. The molecule has 1 N–H and O–H groups in total. The highest BCUT2D eigenvalue weighted by Gasteiger charge is 2.29. The molecule has 0 aromatic rings. The first kappa shape index (κ1) is 16.7. The van der Waals surface area contributed by atoms with E-state index < -0.39 is 12.7 Å². The van der Waals surface area contributed by atoms with E-state index in [4.69, 9.17) is 0 Å². The molecule has 0 aliphatic carbocycles. The minimum Gasteiger partial charge on any atom is -0.317 e. The number of hydrogen-bond acceptors (Lipinski definition) is 2. The van der Waals surface area contributed by atoms with Crippen LogP contribution >= 0.6 is 0 Å². The van der Waals surface area contributed by atoms with Crippen molar-refractivity contribution in [1.29, 1.82) is 0 Å². The molecule has 0 aliphatic heterocycles. The molecule has 0 atom stereocenters. The lowest BCUT2D eigenvalue weighted by Gasteiger charge is -2.21. The van der Waals surface area contributed by atoms with E-state index in [1.165, 1.54) is 4.90 Å². The van der Waals surface area contributed by atoms with Crippen LogP contribution in [0.25, 0.3) is 0 Å². The van der Waals surface area contributed by atoms with Crippen LogP contribution < -0.4 is 5.32 Å². The average molecular weight is 254 g/mol. The highest BCUT2D eigenvalue weighted by Crippen LogP contribution is 2.16. The number of unbranched alkanes of at least 4 members (excludes halogenated alkanes) is 3. The Kier molecular flexibility index (Phi) is 9.55. The molecule has 0 unspecified atom stereocenters. The van der Waals surface area contributed by atoms with E-state index in [2.05, 4.69) is 12.2 Å². The van der Waals surface area contributed by atoms with Crippen LogP contribution in [0.1, 0.15) is 39.5 Å². The molecule has 0 aromatic heterocycles. The van der Waals surface area contributed by atoms with Gasteiger partial charge in [0, 0.05) is 0 Å². The average Bonchev–Trinajstić information content (AvgIpc) is 2.24. The predicted molar refractivity (Wildman–Crippen MR) is 65.2 cm³/mol. The molecule has 0 rings (SSSR count). The summed E-state index contributed by atoms with van der Waals surface area (Å²) in [5, 5.41) is 3.23. The summed E-state index contributed by atoms with van der Waals surface area (Å²) in [5.41, 5.74) is 0. The second kappa shape index (κ2) is 9.71. The zero-order valence-corrected chi connectivity index (χ0v) is 10.9. The van der Waals surface area contributed by atoms with E-state index in [9.17, 15) is 13.2 Å². The summed E-state index contributed by atoms with van der Waals surface area (Å²) in [7, 11) is 0. The molecule has 0 radical (unpaired) electrons. The van der Waals surface area contributed by atoms with Gasteiger partial charge in [0.1, 0.15) is 0 Å². The van der Waals surface area contributed by atoms with Crippen molar-refractivity contribution in [1.82, 2.24) is 10.2 Å². The van der Waals surface area contributed by atoms with Gasteiger partial charge >= 0.3 is 6.18 Å². The van der Waals surface area contributed by atoms with Gasteiger partial charge in [0.15, 0.2) is 0 Å². The second-order valence-electron chi connectivity index (χ2n) is 4.25. The van der Waals surface area contributed by atoms with Gasteiger partial charge in [-0.1, -0.05) is 26.7 Å². The number of nitrogens with zero attached hydrogens (tertiary/aromatic N) is 1. The van der Waals surface area contributed by atoms with Gasteiger partial charge in [-0.2, -0.15) is 13.2 Å².